The second-order valence-electron chi connectivity index (χ2n) is 4.31. The van der Waals surface area contributed by atoms with Crippen LogP contribution in [0, 0.1) is 0 Å². The Morgan fingerprint density at radius 3 is 3.00 bits per heavy atom. The number of rotatable bonds is 3. The lowest BCUT2D eigenvalue weighted by Gasteiger charge is -2.34. The third-order valence-electron chi connectivity index (χ3n) is 3.00. The summed E-state index contributed by atoms with van der Waals surface area (Å²) >= 11 is 0. The van der Waals surface area contributed by atoms with Crippen molar-refractivity contribution in [2.75, 3.05) is 27.4 Å². The lowest BCUT2D eigenvalue weighted by atomic mass is 10.2. The Kier molecular flexibility index (Phi) is 6.75. The number of allylic oxidation sites excluding steroid dienone is 1. The minimum Gasteiger partial charge on any atom is -0.377 e. The number of hydrogen-bond acceptors (Lipinski definition) is 3. The summed E-state index contributed by atoms with van der Waals surface area (Å²) in [6.45, 7) is 5.58. The quantitative estimate of drug-likeness (QED) is 0.614. The van der Waals surface area contributed by atoms with E-state index in [0.717, 1.165) is 25.4 Å². The van der Waals surface area contributed by atoms with E-state index in [1.54, 1.807) is 7.11 Å². The zero-order valence-corrected chi connectivity index (χ0v) is 11.8. The maximum absolute atomic E-state index is 5.55. The third-order valence-corrected chi connectivity index (χ3v) is 3.00. The summed E-state index contributed by atoms with van der Waals surface area (Å²) in [7, 11) is 3.58. The van der Waals surface area contributed by atoms with Crippen LogP contribution < -0.4 is 5.32 Å². The SMILES string of the molecule is CC/C=C/N=C(/NC)N1C(OC)COCC[C@@H]1C. The fourth-order valence-electron chi connectivity index (χ4n) is 1.96. The monoisotopic (exact) mass is 255 g/mol. The highest BCUT2D eigenvalue weighted by Gasteiger charge is 2.28. The van der Waals surface area contributed by atoms with E-state index in [2.05, 4.69) is 29.1 Å². The molecular weight excluding hydrogens is 230 g/mol. The second-order valence-corrected chi connectivity index (χ2v) is 4.31. The zero-order valence-electron chi connectivity index (χ0n) is 11.8. The average Bonchev–Trinajstić information content (AvgIpc) is 2.57. The Hall–Kier alpha value is -1.07. The van der Waals surface area contributed by atoms with Crippen molar-refractivity contribution in [1.82, 2.24) is 10.2 Å². The average molecular weight is 255 g/mol. The first-order chi connectivity index (χ1) is 8.74. The number of hydrogen-bond donors (Lipinski definition) is 1. The number of methoxy groups -OCH3 is 1. The van der Waals surface area contributed by atoms with Gasteiger partial charge in [0.05, 0.1) is 6.61 Å². The van der Waals surface area contributed by atoms with E-state index < -0.39 is 0 Å². The van der Waals surface area contributed by atoms with Crippen molar-refractivity contribution < 1.29 is 9.47 Å². The normalized spacial score (nSPS) is 26.4. The molecule has 0 amide bonds. The van der Waals surface area contributed by atoms with Gasteiger partial charge in [0.2, 0.25) is 5.96 Å². The number of nitrogens with zero attached hydrogens (tertiary/aromatic N) is 2. The maximum Gasteiger partial charge on any atom is 0.200 e. The molecule has 0 aromatic heterocycles. The maximum atomic E-state index is 5.55. The first-order valence-corrected chi connectivity index (χ1v) is 6.54. The van der Waals surface area contributed by atoms with Gasteiger partial charge in [-0.25, -0.2) is 4.99 Å². The highest BCUT2D eigenvalue weighted by Crippen LogP contribution is 2.15. The molecule has 1 aliphatic rings. The number of guanidine groups is 1. The van der Waals surface area contributed by atoms with Crippen molar-refractivity contribution in [3.63, 3.8) is 0 Å². The summed E-state index contributed by atoms with van der Waals surface area (Å²) in [4.78, 5) is 6.61. The molecule has 0 aromatic carbocycles. The molecule has 104 valence electrons. The van der Waals surface area contributed by atoms with Gasteiger partial charge in [-0.05, 0) is 19.8 Å². The molecule has 1 rings (SSSR count). The smallest absolute Gasteiger partial charge is 0.200 e. The molecule has 18 heavy (non-hydrogen) atoms. The molecule has 5 heteroatoms. The predicted molar refractivity (Wildman–Crippen MR) is 73.5 cm³/mol. The molecule has 0 saturated carbocycles. The van der Waals surface area contributed by atoms with Gasteiger partial charge < -0.3 is 19.7 Å². The topological polar surface area (TPSA) is 46.1 Å². The first-order valence-electron chi connectivity index (χ1n) is 6.54. The summed E-state index contributed by atoms with van der Waals surface area (Å²) in [6.07, 6.45) is 5.71. The molecule has 5 nitrogen and oxygen atoms in total. The Bertz CT molecular complexity index is 292. The molecule has 0 bridgehead atoms. The lowest BCUT2D eigenvalue weighted by molar-refractivity contribution is -0.0434. The van der Waals surface area contributed by atoms with Crippen molar-refractivity contribution in [1.29, 1.82) is 0 Å². The number of nitrogens with one attached hydrogen (secondary N) is 1. The fraction of sp³-hybridized carbons (Fsp3) is 0.769. The van der Waals surface area contributed by atoms with Crippen LogP contribution in [-0.2, 0) is 9.47 Å². The molecule has 1 N–H and O–H groups in total. The van der Waals surface area contributed by atoms with Crippen molar-refractivity contribution in [3.05, 3.63) is 12.3 Å². The molecule has 2 atom stereocenters. The van der Waals surface area contributed by atoms with Crippen LogP contribution in [0.5, 0.6) is 0 Å². The van der Waals surface area contributed by atoms with E-state index in [1.165, 1.54) is 0 Å². The van der Waals surface area contributed by atoms with Crippen LogP contribution in [0.2, 0.25) is 0 Å². The van der Waals surface area contributed by atoms with Gasteiger partial charge in [-0.15, -0.1) is 0 Å². The van der Waals surface area contributed by atoms with Crippen LogP contribution in [0.4, 0.5) is 0 Å². The minimum atomic E-state index is -0.0938. The Balaban J connectivity index is 2.89. The predicted octanol–water partition coefficient (Wildman–Crippen LogP) is 1.57. The van der Waals surface area contributed by atoms with E-state index in [1.807, 2.05) is 19.3 Å². The highest BCUT2D eigenvalue weighted by molar-refractivity contribution is 5.80. The summed E-state index contributed by atoms with van der Waals surface area (Å²) < 4.78 is 11.1. The van der Waals surface area contributed by atoms with E-state index in [9.17, 15) is 0 Å². The van der Waals surface area contributed by atoms with Crippen LogP contribution in [0.1, 0.15) is 26.7 Å². The van der Waals surface area contributed by atoms with Gasteiger partial charge in [0, 0.05) is 33.0 Å². The van der Waals surface area contributed by atoms with Gasteiger partial charge in [0.1, 0.15) is 0 Å². The zero-order chi connectivity index (χ0) is 13.4. The molecule has 1 fully saturated rings. The summed E-state index contributed by atoms with van der Waals surface area (Å²) in [5, 5.41) is 3.14. The Labute approximate surface area is 110 Å². The van der Waals surface area contributed by atoms with Crippen LogP contribution in [0.3, 0.4) is 0 Å². The molecule has 1 unspecified atom stereocenters. The molecule has 0 aliphatic carbocycles. The van der Waals surface area contributed by atoms with Gasteiger partial charge in [0.25, 0.3) is 0 Å². The first kappa shape index (κ1) is 15.0. The van der Waals surface area contributed by atoms with Gasteiger partial charge >= 0.3 is 0 Å². The number of aliphatic imine (C=N–C) groups is 1. The molecular formula is C13H25N3O2. The largest absolute Gasteiger partial charge is 0.377 e. The van der Waals surface area contributed by atoms with Crippen molar-refractivity contribution >= 4 is 5.96 Å². The molecule has 0 radical (unpaired) electrons. The lowest BCUT2D eigenvalue weighted by Crippen LogP contribution is -2.51. The molecule has 1 aliphatic heterocycles. The van der Waals surface area contributed by atoms with Crippen LogP contribution in [-0.4, -0.2) is 50.5 Å². The standard InChI is InChI=1S/C13H25N3O2/c1-5-6-8-15-13(14-3)16-11(2)7-9-18-10-12(16)17-4/h6,8,11-12H,5,7,9-10H2,1-4H3,(H,14,15)/b8-6+/t11-,12?/m0/s1. The van der Waals surface area contributed by atoms with Gasteiger partial charge in [0.15, 0.2) is 6.23 Å². The van der Waals surface area contributed by atoms with Crippen LogP contribution >= 0.6 is 0 Å². The fourth-order valence-corrected chi connectivity index (χ4v) is 1.96. The highest BCUT2D eigenvalue weighted by atomic mass is 16.5. The van der Waals surface area contributed by atoms with Crippen LogP contribution in [0.25, 0.3) is 0 Å². The van der Waals surface area contributed by atoms with Crippen molar-refractivity contribution in [2.45, 2.75) is 39.0 Å². The molecule has 1 saturated heterocycles. The second kappa shape index (κ2) is 8.11. The minimum absolute atomic E-state index is 0.0938. The van der Waals surface area contributed by atoms with Gasteiger partial charge in [-0.2, -0.15) is 0 Å². The van der Waals surface area contributed by atoms with E-state index in [4.69, 9.17) is 9.47 Å². The van der Waals surface area contributed by atoms with E-state index in [-0.39, 0.29) is 6.23 Å². The molecule has 0 spiro atoms. The van der Waals surface area contributed by atoms with Gasteiger partial charge in [-0.1, -0.05) is 13.0 Å². The number of ether oxygens (including phenoxy) is 2. The van der Waals surface area contributed by atoms with E-state index >= 15 is 0 Å². The van der Waals surface area contributed by atoms with Gasteiger partial charge in [-0.3, -0.25) is 0 Å². The Morgan fingerprint density at radius 2 is 2.39 bits per heavy atom. The molecule has 0 aromatic rings. The molecule has 1 heterocycles. The Morgan fingerprint density at radius 1 is 1.61 bits per heavy atom. The van der Waals surface area contributed by atoms with E-state index in [0.29, 0.717) is 12.6 Å². The van der Waals surface area contributed by atoms with Crippen molar-refractivity contribution in [2.24, 2.45) is 4.99 Å². The third kappa shape index (κ3) is 3.99. The summed E-state index contributed by atoms with van der Waals surface area (Å²) in [6, 6.07) is 0.332. The van der Waals surface area contributed by atoms with Crippen molar-refractivity contribution in [3.8, 4) is 0 Å². The summed E-state index contributed by atoms with van der Waals surface area (Å²) in [5.74, 6) is 0.824. The van der Waals surface area contributed by atoms with Crippen LogP contribution in [0.15, 0.2) is 17.3 Å². The summed E-state index contributed by atoms with van der Waals surface area (Å²) in [5.41, 5.74) is 0.